The van der Waals surface area contributed by atoms with Gasteiger partial charge >= 0.3 is 11.9 Å². The lowest BCUT2D eigenvalue weighted by Crippen LogP contribution is -2.74. The number of hydroxylamine groups is 4. The van der Waals surface area contributed by atoms with Gasteiger partial charge in [-0.2, -0.15) is 10.1 Å². The molecule has 4 heterocycles. The predicted octanol–water partition coefficient (Wildman–Crippen LogP) is 12.6. The lowest BCUT2D eigenvalue weighted by molar-refractivity contribution is -0.295. The van der Waals surface area contributed by atoms with Crippen LogP contribution in [-0.2, 0) is 19.3 Å². The molecule has 0 radical (unpaired) electrons. The van der Waals surface area contributed by atoms with Crippen molar-refractivity contribution in [2.24, 2.45) is 11.8 Å². The van der Waals surface area contributed by atoms with Crippen LogP contribution in [0, 0.1) is 11.8 Å². The molecule has 0 bridgehead atoms. The number of piperidine rings is 4. The molecule has 4 aliphatic rings. The van der Waals surface area contributed by atoms with Crippen molar-refractivity contribution in [2.45, 2.75) is 283 Å². The summed E-state index contributed by atoms with van der Waals surface area (Å²) in [5.41, 5.74) is -1.83. The molecule has 0 aromatic heterocycles. The first-order valence-electron chi connectivity index (χ1n) is 26.2. The lowest BCUT2D eigenvalue weighted by atomic mass is 9.69. The van der Waals surface area contributed by atoms with Crippen molar-refractivity contribution >= 4 is 11.9 Å². The van der Waals surface area contributed by atoms with Crippen LogP contribution in [0.25, 0.3) is 0 Å². The van der Waals surface area contributed by atoms with Crippen molar-refractivity contribution in [3.05, 3.63) is 0 Å². The molecule has 2 unspecified atom stereocenters. The van der Waals surface area contributed by atoms with Crippen LogP contribution in [-0.4, -0.2) is 108 Å². The number of likely N-dealkylation sites (tertiary alicyclic amines) is 2. The number of hydrogen-bond acceptors (Lipinski definition) is 8. The molecule has 2 N–H and O–H groups in total. The second-order valence-corrected chi connectivity index (χ2v) is 23.0. The first kappa shape index (κ1) is 53.3. The van der Waals surface area contributed by atoms with E-state index in [1.54, 1.807) is 0 Å². The molecule has 10 nitrogen and oxygen atoms in total. The van der Waals surface area contributed by atoms with Gasteiger partial charge in [-0.1, -0.05) is 97.3 Å². The first-order valence-corrected chi connectivity index (χ1v) is 26.2. The number of carboxylic acids is 2. The molecule has 10 heteroatoms. The Morgan fingerprint density at radius 2 is 0.903 bits per heavy atom. The molecule has 4 rings (SSSR count). The van der Waals surface area contributed by atoms with E-state index in [1.165, 1.54) is 51.4 Å². The molecule has 4 saturated heterocycles. The van der Waals surface area contributed by atoms with Gasteiger partial charge in [0.25, 0.3) is 0 Å². The highest BCUT2D eigenvalue weighted by molar-refractivity contribution is 5.78. The maximum absolute atomic E-state index is 14.8. The molecule has 0 spiro atoms. The van der Waals surface area contributed by atoms with E-state index in [-0.39, 0.29) is 40.7 Å². The van der Waals surface area contributed by atoms with Crippen molar-refractivity contribution in [1.82, 2.24) is 19.9 Å². The minimum absolute atomic E-state index is 0.174. The van der Waals surface area contributed by atoms with Gasteiger partial charge in [-0.25, -0.2) is 4.79 Å². The summed E-state index contributed by atoms with van der Waals surface area (Å²) in [5.74, 6) is -0.697. The maximum atomic E-state index is 14.8. The number of unbranched alkanes of at least 4 members (excludes halogenated alkanes) is 12. The fourth-order valence-electron chi connectivity index (χ4n) is 13.4. The van der Waals surface area contributed by atoms with E-state index in [4.69, 9.17) is 9.68 Å². The average molecular weight is 875 g/mol. The van der Waals surface area contributed by atoms with Crippen LogP contribution >= 0.6 is 0 Å². The van der Waals surface area contributed by atoms with E-state index in [0.29, 0.717) is 24.7 Å². The molecule has 0 aromatic rings. The van der Waals surface area contributed by atoms with Crippen LogP contribution in [0.4, 0.5) is 0 Å². The summed E-state index contributed by atoms with van der Waals surface area (Å²) in [7, 11) is 0. The summed E-state index contributed by atoms with van der Waals surface area (Å²) in [4.78, 5) is 44.6. The summed E-state index contributed by atoms with van der Waals surface area (Å²) in [5, 5.41) is 26.0. The average Bonchev–Trinajstić information content (AvgIpc) is 3.19. The van der Waals surface area contributed by atoms with Crippen LogP contribution in [0.2, 0.25) is 0 Å². The topological polar surface area (TPSA) is 106 Å². The third-order valence-electron chi connectivity index (χ3n) is 15.6. The van der Waals surface area contributed by atoms with E-state index in [2.05, 4.69) is 89.2 Å². The number of carbonyl (C=O) groups is 2. The van der Waals surface area contributed by atoms with E-state index < -0.39 is 17.6 Å². The molecule has 4 aliphatic heterocycles. The SMILES string of the molecule is CCCCCCCON1C(C)(C)CC(C2CCCCN2C(CCCCCCCC(=O)O)(C(=O)O)N2CCCCC2C2CC(C)(C)N(OCCCCCCC)C(C)(C)C2)CC1(C)C. The quantitative estimate of drug-likeness (QED) is 0.0775. The molecular formula is C52H98N4O6. The molecule has 362 valence electrons. The van der Waals surface area contributed by atoms with Crippen LogP contribution in [0.3, 0.4) is 0 Å². The first-order chi connectivity index (χ1) is 29.3. The van der Waals surface area contributed by atoms with Gasteiger partial charge in [0.15, 0.2) is 5.66 Å². The van der Waals surface area contributed by atoms with Gasteiger partial charge in [-0.3, -0.25) is 24.3 Å². The monoisotopic (exact) mass is 875 g/mol. The molecule has 4 fully saturated rings. The Labute approximate surface area is 380 Å². The van der Waals surface area contributed by atoms with Gasteiger partial charge < -0.3 is 10.2 Å². The van der Waals surface area contributed by atoms with Gasteiger partial charge in [-0.15, -0.1) is 0 Å². The Morgan fingerprint density at radius 3 is 1.29 bits per heavy atom. The van der Waals surface area contributed by atoms with E-state index in [9.17, 15) is 19.8 Å². The largest absolute Gasteiger partial charge is 0.481 e. The normalized spacial score (nSPS) is 26.4. The number of rotatable bonds is 27. The molecule has 0 amide bonds. The van der Waals surface area contributed by atoms with Crippen LogP contribution in [0.5, 0.6) is 0 Å². The van der Waals surface area contributed by atoms with Crippen molar-refractivity contribution in [3.63, 3.8) is 0 Å². The Hall–Kier alpha value is -1.30. The summed E-state index contributed by atoms with van der Waals surface area (Å²) in [6.07, 6.45) is 27.6. The zero-order valence-corrected chi connectivity index (χ0v) is 42.0. The van der Waals surface area contributed by atoms with Gasteiger partial charge in [0.1, 0.15) is 0 Å². The van der Waals surface area contributed by atoms with Gasteiger partial charge in [0, 0.05) is 53.7 Å². The molecule has 2 atom stereocenters. The highest BCUT2D eigenvalue weighted by atomic mass is 16.7. The van der Waals surface area contributed by atoms with E-state index in [0.717, 1.165) is 129 Å². The van der Waals surface area contributed by atoms with Gasteiger partial charge in [0.05, 0.1) is 13.2 Å². The summed E-state index contributed by atoms with van der Waals surface area (Å²) in [6.45, 7) is 26.5. The van der Waals surface area contributed by atoms with E-state index >= 15 is 0 Å². The minimum atomic E-state index is -1.10. The van der Waals surface area contributed by atoms with Crippen LogP contribution in [0.1, 0.15) is 243 Å². The Bertz CT molecular complexity index is 1220. The van der Waals surface area contributed by atoms with Crippen molar-refractivity contribution in [2.75, 3.05) is 26.3 Å². The summed E-state index contributed by atoms with van der Waals surface area (Å²) >= 11 is 0. The standard InChI is InChI=1S/C52H98N4O6/c1-11-13-15-20-28-36-61-55-48(3,4)38-42(39-49(55,5)6)44-30-23-26-34-53(44)52(47(59)60,33-25-19-17-18-22-32-46(57)58)54-35-27-24-31-45(54)43-40-50(7,8)56(51(9,10)41-43)62-37-29-21-16-14-12-2/h42-45H,11-41H2,1-10H3,(H,57,58)(H,59,60). The van der Waals surface area contributed by atoms with Crippen LogP contribution in [0.15, 0.2) is 0 Å². The van der Waals surface area contributed by atoms with Gasteiger partial charge in [-0.05, 0) is 151 Å². The smallest absolute Gasteiger partial charge is 0.339 e. The predicted molar refractivity (Wildman–Crippen MR) is 254 cm³/mol. The second-order valence-electron chi connectivity index (χ2n) is 23.0. The highest BCUT2D eigenvalue weighted by Crippen LogP contribution is 2.51. The minimum Gasteiger partial charge on any atom is -0.481 e. The lowest BCUT2D eigenvalue weighted by Gasteiger charge is -2.62. The summed E-state index contributed by atoms with van der Waals surface area (Å²) < 4.78 is 0. The number of hydrogen-bond donors (Lipinski definition) is 2. The Kier molecular flexibility index (Phi) is 21.0. The number of aliphatic carboxylic acids is 2. The van der Waals surface area contributed by atoms with Gasteiger partial charge in [0.2, 0.25) is 0 Å². The Morgan fingerprint density at radius 1 is 0.532 bits per heavy atom. The fourth-order valence-corrected chi connectivity index (χ4v) is 13.4. The molecule has 62 heavy (non-hydrogen) atoms. The zero-order valence-electron chi connectivity index (χ0n) is 42.0. The third-order valence-corrected chi connectivity index (χ3v) is 15.6. The second kappa shape index (κ2) is 24.5. The number of nitrogens with zero attached hydrogens (tertiary/aromatic N) is 4. The van der Waals surface area contributed by atoms with Crippen molar-refractivity contribution in [3.8, 4) is 0 Å². The molecule has 0 aromatic carbocycles. The number of carboxylic acid groups (broad SMARTS) is 2. The maximum Gasteiger partial charge on any atom is 0.339 e. The molecule has 0 aliphatic carbocycles. The zero-order chi connectivity index (χ0) is 45.6. The molecular weight excluding hydrogens is 777 g/mol. The van der Waals surface area contributed by atoms with Crippen molar-refractivity contribution in [1.29, 1.82) is 0 Å². The van der Waals surface area contributed by atoms with E-state index in [1.807, 2.05) is 0 Å². The fraction of sp³-hybridized carbons (Fsp3) is 0.962. The highest BCUT2D eigenvalue weighted by Gasteiger charge is 2.59. The Balaban J connectivity index is 1.65. The van der Waals surface area contributed by atoms with Crippen LogP contribution < -0.4 is 0 Å². The molecule has 0 saturated carbocycles. The third kappa shape index (κ3) is 14.1. The summed E-state index contributed by atoms with van der Waals surface area (Å²) in [6, 6.07) is 0.349. The van der Waals surface area contributed by atoms with Crippen molar-refractivity contribution < 1.29 is 29.5 Å².